The maximum absolute atomic E-state index is 13.0. The Morgan fingerprint density at radius 1 is 1.54 bits per heavy atom. The van der Waals surface area contributed by atoms with Gasteiger partial charge in [0.25, 0.3) is 0 Å². The van der Waals surface area contributed by atoms with E-state index in [-0.39, 0.29) is 5.02 Å². The molecule has 0 fully saturated rings. The molecule has 0 aliphatic rings. The van der Waals surface area contributed by atoms with E-state index in [1.165, 1.54) is 12.1 Å². The number of anilines is 1. The van der Waals surface area contributed by atoms with Gasteiger partial charge in [0.05, 0.1) is 5.02 Å². The second-order valence-electron chi connectivity index (χ2n) is 2.65. The molecule has 72 valence electrons. The lowest BCUT2D eigenvalue weighted by molar-refractivity contribution is 0.625. The number of thioether (sulfide) groups is 1. The number of benzene rings is 1. The molecule has 0 radical (unpaired) electrons. The van der Waals surface area contributed by atoms with Crippen LogP contribution >= 0.6 is 23.4 Å². The number of halogens is 2. The molecule has 0 saturated carbocycles. The van der Waals surface area contributed by atoms with Crippen LogP contribution in [0.3, 0.4) is 0 Å². The van der Waals surface area contributed by atoms with Crippen molar-refractivity contribution in [3.05, 3.63) is 23.0 Å². The fourth-order valence-electron chi connectivity index (χ4n) is 0.881. The highest BCUT2D eigenvalue weighted by molar-refractivity contribution is 7.99. The van der Waals surface area contributed by atoms with Gasteiger partial charge in [0.15, 0.2) is 0 Å². The molecule has 0 heterocycles. The number of hydrogen-bond donors (Lipinski definition) is 1. The van der Waals surface area contributed by atoms with Gasteiger partial charge in [-0.3, -0.25) is 0 Å². The van der Waals surface area contributed by atoms with E-state index in [2.05, 4.69) is 6.92 Å². The zero-order valence-electron chi connectivity index (χ0n) is 7.31. The average molecular weight is 220 g/mol. The molecule has 0 aliphatic carbocycles. The lowest BCUT2D eigenvalue weighted by atomic mass is 10.3. The molecular weight excluding hydrogens is 209 g/mol. The summed E-state index contributed by atoms with van der Waals surface area (Å²) in [5.41, 5.74) is 6.21. The van der Waals surface area contributed by atoms with Gasteiger partial charge in [-0.25, -0.2) is 4.39 Å². The van der Waals surface area contributed by atoms with E-state index >= 15 is 0 Å². The fraction of sp³-hybridized carbons (Fsp3) is 0.333. The molecular formula is C9H11ClFNS. The largest absolute Gasteiger partial charge is 0.398 e. The van der Waals surface area contributed by atoms with Crippen LogP contribution in [0.1, 0.15) is 13.3 Å². The molecule has 4 heteroatoms. The molecule has 2 N–H and O–H groups in total. The first-order chi connectivity index (χ1) is 6.15. The topological polar surface area (TPSA) is 26.0 Å². The van der Waals surface area contributed by atoms with Crippen LogP contribution in [0, 0.1) is 5.82 Å². The predicted molar refractivity (Wildman–Crippen MR) is 56.8 cm³/mol. The lowest BCUT2D eigenvalue weighted by Crippen LogP contribution is -1.91. The summed E-state index contributed by atoms with van der Waals surface area (Å²) in [5, 5.41) is 0.0818. The third-order valence-electron chi connectivity index (χ3n) is 1.51. The molecule has 1 aromatic carbocycles. The van der Waals surface area contributed by atoms with Gasteiger partial charge in [0, 0.05) is 10.6 Å². The molecule has 0 atom stereocenters. The summed E-state index contributed by atoms with van der Waals surface area (Å²) in [6.45, 7) is 2.06. The average Bonchev–Trinajstić information content (AvgIpc) is 2.09. The molecule has 0 spiro atoms. The van der Waals surface area contributed by atoms with E-state index in [0.29, 0.717) is 5.69 Å². The summed E-state index contributed by atoms with van der Waals surface area (Å²) in [4.78, 5) is 0.767. The molecule has 0 unspecified atom stereocenters. The molecule has 0 amide bonds. The Morgan fingerprint density at radius 3 is 2.85 bits per heavy atom. The molecule has 1 rings (SSSR count). The molecule has 0 aliphatic heterocycles. The van der Waals surface area contributed by atoms with Crippen LogP contribution in [0.4, 0.5) is 10.1 Å². The van der Waals surface area contributed by atoms with Gasteiger partial charge < -0.3 is 5.73 Å². The molecule has 13 heavy (non-hydrogen) atoms. The smallest absolute Gasteiger partial charge is 0.143 e. The normalized spacial score (nSPS) is 10.4. The highest BCUT2D eigenvalue weighted by Gasteiger charge is 2.05. The SMILES string of the molecule is CCCSc1cc(F)c(Cl)cc1N. The van der Waals surface area contributed by atoms with Gasteiger partial charge >= 0.3 is 0 Å². The Labute approximate surface area is 86.5 Å². The van der Waals surface area contributed by atoms with Crippen LogP contribution in [0.15, 0.2) is 17.0 Å². The number of nitrogen functional groups attached to an aromatic ring is 1. The van der Waals surface area contributed by atoms with Crippen LogP contribution in [0.25, 0.3) is 0 Å². The van der Waals surface area contributed by atoms with Crippen LogP contribution in [0.5, 0.6) is 0 Å². The zero-order chi connectivity index (χ0) is 9.84. The standard InChI is InChI=1S/C9H11ClFNS/c1-2-3-13-9-5-7(11)6(10)4-8(9)12/h4-5H,2-3,12H2,1H3. The first-order valence-electron chi connectivity index (χ1n) is 4.02. The number of rotatable bonds is 3. The summed E-state index contributed by atoms with van der Waals surface area (Å²) in [5.74, 6) is 0.528. The van der Waals surface area contributed by atoms with E-state index in [1.54, 1.807) is 11.8 Å². The summed E-state index contributed by atoms with van der Waals surface area (Å²) >= 11 is 7.10. The van der Waals surface area contributed by atoms with Crippen molar-refractivity contribution in [2.75, 3.05) is 11.5 Å². The second kappa shape index (κ2) is 4.72. The molecule has 1 aromatic rings. The van der Waals surface area contributed by atoms with Crippen molar-refractivity contribution in [2.24, 2.45) is 0 Å². The van der Waals surface area contributed by atoms with Gasteiger partial charge in [-0.15, -0.1) is 11.8 Å². The maximum atomic E-state index is 13.0. The number of hydrogen-bond acceptors (Lipinski definition) is 2. The van der Waals surface area contributed by atoms with Crippen LogP contribution in [0.2, 0.25) is 5.02 Å². The molecule has 1 nitrogen and oxygen atoms in total. The van der Waals surface area contributed by atoms with Crippen molar-refractivity contribution in [1.29, 1.82) is 0 Å². The maximum Gasteiger partial charge on any atom is 0.143 e. The van der Waals surface area contributed by atoms with Crippen LogP contribution in [-0.2, 0) is 0 Å². The van der Waals surface area contributed by atoms with Gasteiger partial charge in [-0.05, 0) is 24.3 Å². The summed E-state index contributed by atoms with van der Waals surface area (Å²) < 4.78 is 13.0. The highest BCUT2D eigenvalue weighted by atomic mass is 35.5. The third kappa shape index (κ3) is 2.78. The van der Waals surface area contributed by atoms with Crippen molar-refractivity contribution in [1.82, 2.24) is 0 Å². The van der Waals surface area contributed by atoms with Crippen molar-refractivity contribution >= 4 is 29.1 Å². The van der Waals surface area contributed by atoms with E-state index in [4.69, 9.17) is 17.3 Å². The van der Waals surface area contributed by atoms with E-state index in [9.17, 15) is 4.39 Å². The van der Waals surface area contributed by atoms with Crippen LogP contribution in [-0.4, -0.2) is 5.75 Å². The Kier molecular flexibility index (Phi) is 3.88. The first-order valence-corrected chi connectivity index (χ1v) is 5.38. The zero-order valence-corrected chi connectivity index (χ0v) is 8.88. The molecule has 0 bridgehead atoms. The van der Waals surface area contributed by atoms with Gasteiger partial charge in [-0.2, -0.15) is 0 Å². The Morgan fingerprint density at radius 2 is 2.23 bits per heavy atom. The van der Waals surface area contributed by atoms with Crippen molar-refractivity contribution in [3.63, 3.8) is 0 Å². The summed E-state index contributed by atoms with van der Waals surface area (Å²) in [7, 11) is 0. The van der Waals surface area contributed by atoms with Gasteiger partial charge in [-0.1, -0.05) is 18.5 Å². The Bertz CT molecular complexity index is 304. The summed E-state index contributed by atoms with van der Waals surface area (Å²) in [6, 6.07) is 2.84. The minimum atomic E-state index is -0.408. The lowest BCUT2D eigenvalue weighted by Gasteiger charge is -2.05. The second-order valence-corrected chi connectivity index (χ2v) is 4.20. The summed E-state index contributed by atoms with van der Waals surface area (Å²) in [6.07, 6.45) is 1.04. The van der Waals surface area contributed by atoms with Crippen molar-refractivity contribution in [3.8, 4) is 0 Å². The van der Waals surface area contributed by atoms with E-state index in [0.717, 1.165) is 17.1 Å². The highest BCUT2D eigenvalue weighted by Crippen LogP contribution is 2.30. The van der Waals surface area contributed by atoms with Gasteiger partial charge in [0.2, 0.25) is 0 Å². The molecule has 0 aromatic heterocycles. The van der Waals surface area contributed by atoms with Crippen LogP contribution < -0.4 is 5.73 Å². The minimum absolute atomic E-state index is 0.0818. The van der Waals surface area contributed by atoms with Crippen molar-refractivity contribution < 1.29 is 4.39 Å². The fourth-order valence-corrected chi connectivity index (χ4v) is 1.89. The quantitative estimate of drug-likeness (QED) is 0.622. The number of nitrogens with two attached hydrogens (primary N) is 1. The monoisotopic (exact) mass is 219 g/mol. The van der Waals surface area contributed by atoms with E-state index < -0.39 is 5.82 Å². The Hall–Kier alpha value is -0.410. The van der Waals surface area contributed by atoms with Gasteiger partial charge in [0.1, 0.15) is 5.82 Å². The molecule has 0 saturated heterocycles. The van der Waals surface area contributed by atoms with E-state index in [1.807, 2.05) is 0 Å². The third-order valence-corrected chi connectivity index (χ3v) is 3.08. The minimum Gasteiger partial charge on any atom is -0.398 e. The predicted octanol–water partition coefficient (Wildman–Crippen LogP) is 3.56. The first kappa shape index (κ1) is 10.7. The Balaban J connectivity index is 2.88. The van der Waals surface area contributed by atoms with Crippen molar-refractivity contribution in [2.45, 2.75) is 18.2 Å².